The molecule has 16 heteroatoms. The number of rotatable bonds is 22. The van der Waals surface area contributed by atoms with Crippen LogP contribution in [0.15, 0.2) is 24.8 Å². The van der Waals surface area contributed by atoms with E-state index >= 15 is 0 Å². The van der Waals surface area contributed by atoms with Gasteiger partial charge in [-0.05, 0) is 108 Å². The molecule has 2 unspecified atom stereocenters. The predicted molar refractivity (Wildman–Crippen MR) is 259 cm³/mol. The highest BCUT2D eigenvalue weighted by Crippen LogP contribution is 2.44. The van der Waals surface area contributed by atoms with Gasteiger partial charge in [-0.1, -0.05) is 26.5 Å². The van der Waals surface area contributed by atoms with Crippen LogP contribution in [0.2, 0.25) is 0 Å². The number of alkyl carbamates (subject to hydrolysis) is 1. The third-order valence-electron chi connectivity index (χ3n) is 12.0. The lowest BCUT2D eigenvalue weighted by Crippen LogP contribution is -2.33. The molecule has 2 aliphatic heterocycles. The molecular formula is C51H70N6O10. The lowest BCUT2D eigenvalue weighted by molar-refractivity contribution is -0.141. The molecule has 0 aliphatic carbocycles. The van der Waals surface area contributed by atoms with Crippen molar-refractivity contribution in [3.8, 4) is 0 Å². The Labute approximate surface area is 394 Å². The lowest BCUT2D eigenvalue weighted by atomic mass is 9.84. The maximum absolute atomic E-state index is 14.5. The zero-order valence-electron chi connectivity index (χ0n) is 41.0. The van der Waals surface area contributed by atoms with E-state index in [1.807, 2.05) is 52.8 Å². The molecule has 67 heavy (non-hydrogen) atoms. The van der Waals surface area contributed by atoms with Gasteiger partial charge in [0.15, 0.2) is 0 Å². The van der Waals surface area contributed by atoms with Gasteiger partial charge in [-0.15, -0.1) is 0 Å². The van der Waals surface area contributed by atoms with Crippen molar-refractivity contribution in [3.63, 3.8) is 0 Å². The normalized spacial score (nSPS) is 14.8. The van der Waals surface area contributed by atoms with Crippen LogP contribution in [-0.2, 0) is 55.6 Å². The summed E-state index contributed by atoms with van der Waals surface area (Å²) >= 11 is 0. The van der Waals surface area contributed by atoms with Gasteiger partial charge in [0.1, 0.15) is 5.60 Å². The van der Waals surface area contributed by atoms with Gasteiger partial charge < -0.3 is 49.0 Å². The van der Waals surface area contributed by atoms with Gasteiger partial charge in [-0.2, -0.15) is 0 Å². The van der Waals surface area contributed by atoms with Crippen LogP contribution >= 0.6 is 0 Å². The van der Waals surface area contributed by atoms with E-state index in [0.717, 1.165) is 56.4 Å². The number of hydrogen-bond acceptors (Lipinski definition) is 12. The van der Waals surface area contributed by atoms with Crippen LogP contribution < -0.4 is 10.6 Å². The SMILES string of the molecule is C=Cc1c(C)c2cc3nc(c(CC(=O)OC)c4nc(cc5[nH]c(cc1[nH]2)c(C)c5CC)C(C)=C4C(=O)NCCCOCCOCCOCCCNC(=O)OC(C)(C)C)C(CCC(=O)OC)C3C. The molecular weight excluding hydrogens is 857 g/mol. The molecule has 0 saturated heterocycles. The Kier molecular flexibility index (Phi) is 18.9. The van der Waals surface area contributed by atoms with Crippen molar-refractivity contribution in [2.24, 2.45) is 0 Å². The fourth-order valence-electron chi connectivity index (χ4n) is 8.39. The summed E-state index contributed by atoms with van der Waals surface area (Å²) in [5, 5.41) is 5.78. The number of nitrogens with one attached hydrogen (secondary N) is 4. The number of H-pyrrole nitrogens is 2. The zero-order valence-corrected chi connectivity index (χ0v) is 41.0. The zero-order chi connectivity index (χ0) is 48.8. The average Bonchev–Trinajstić information content (AvgIpc) is 3.97. The topological polar surface area (TPSA) is 205 Å². The summed E-state index contributed by atoms with van der Waals surface area (Å²) in [7, 11) is 2.69. The predicted octanol–water partition coefficient (Wildman–Crippen LogP) is 8.09. The van der Waals surface area contributed by atoms with E-state index < -0.39 is 17.7 Å². The fourth-order valence-corrected chi connectivity index (χ4v) is 8.39. The van der Waals surface area contributed by atoms with Crippen LogP contribution in [0, 0.1) is 13.8 Å². The van der Waals surface area contributed by atoms with Gasteiger partial charge in [0.25, 0.3) is 5.91 Å². The van der Waals surface area contributed by atoms with E-state index in [2.05, 4.69) is 54.0 Å². The van der Waals surface area contributed by atoms with Crippen LogP contribution in [0.4, 0.5) is 4.79 Å². The van der Waals surface area contributed by atoms with Gasteiger partial charge in [0, 0.05) is 83.4 Å². The molecule has 5 rings (SSSR count). The molecule has 5 heterocycles. The van der Waals surface area contributed by atoms with Crippen molar-refractivity contribution in [3.05, 3.63) is 75.4 Å². The number of aromatic amines is 2. The standard InChI is InChI=1S/C51H70N6O10/c1-12-34-30(3)38-27-40-32(5)36(16-17-44(58)62-10)47(56-40)37(26-45(59)63-11)48-46(33(6)41(57-48)29-43-35(13-2)31(4)39(55-43)28-42(34)54-38)49(60)52-18-14-20-64-22-24-66-25-23-65-21-15-19-53-50(61)67-51(7,8)9/h12,27-29,32,36,54-55H,1,13-26H2,2-11H3,(H,52,60)(H,53,61). The van der Waals surface area contributed by atoms with Crippen molar-refractivity contribution < 1.29 is 47.6 Å². The Bertz CT molecular complexity index is 2480. The highest BCUT2D eigenvalue weighted by atomic mass is 16.6. The number of carbonyl (C=O) groups is 4. The number of hydrogen-bond donors (Lipinski definition) is 4. The number of allylic oxidation sites excluding steroid dienone is 1. The van der Waals surface area contributed by atoms with Crippen LogP contribution in [0.1, 0.15) is 130 Å². The summed E-state index contributed by atoms with van der Waals surface area (Å²) < 4.78 is 32.5. The summed E-state index contributed by atoms with van der Waals surface area (Å²) in [5.41, 5.74) is 10.8. The highest BCUT2D eigenvalue weighted by Gasteiger charge is 2.36. The van der Waals surface area contributed by atoms with Gasteiger partial charge >= 0.3 is 18.0 Å². The minimum absolute atomic E-state index is 0.124. The number of aryl methyl sites for hydroxylation is 3. The molecule has 364 valence electrons. The maximum atomic E-state index is 14.5. The van der Waals surface area contributed by atoms with Gasteiger partial charge in [0.05, 0.1) is 69.7 Å². The van der Waals surface area contributed by atoms with Crippen LogP contribution in [0.5, 0.6) is 0 Å². The Morgan fingerprint density at radius 1 is 0.776 bits per heavy atom. The first-order valence-electron chi connectivity index (χ1n) is 23.2. The van der Waals surface area contributed by atoms with Crippen molar-refractivity contribution in [2.45, 2.75) is 111 Å². The fraction of sp³-hybridized carbons (Fsp3) is 0.529. The van der Waals surface area contributed by atoms with Crippen LogP contribution in [0.3, 0.4) is 0 Å². The first-order valence-corrected chi connectivity index (χ1v) is 23.2. The van der Waals surface area contributed by atoms with Gasteiger partial charge in [-0.3, -0.25) is 19.4 Å². The summed E-state index contributed by atoms with van der Waals surface area (Å²) in [6, 6.07) is 6.08. The molecule has 2 aliphatic rings. The molecule has 0 saturated carbocycles. The molecule has 3 aromatic heterocycles. The van der Waals surface area contributed by atoms with Crippen LogP contribution in [0.25, 0.3) is 39.3 Å². The van der Waals surface area contributed by atoms with Crippen molar-refractivity contribution in [2.75, 3.05) is 67.0 Å². The second-order valence-corrected chi connectivity index (χ2v) is 17.8. The number of amides is 2. The van der Waals surface area contributed by atoms with E-state index in [9.17, 15) is 19.2 Å². The molecule has 16 nitrogen and oxygen atoms in total. The summed E-state index contributed by atoms with van der Waals surface area (Å²) in [6.45, 7) is 23.0. The highest BCUT2D eigenvalue weighted by molar-refractivity contribution is 6.27. The number of methoxy groups -OCH3 is 2. The van der Waals surface area contributed by atoms with E-state index in [1.165, 1.54) is 14.2 Å². The minimum atomic E-state index is -0.538. The first-order chi connectivity index (χ1) is 32.0. The second-order valence-electron chi connectivity index (χ2n) is 17.8. The second kappa shape index (κ2) is 24.3. The molecule has 2 atom stereocenters. The molecule has 0 radical (unpaired) electrons. The van der Waals surface area contributed by atoms with E-state index in [4.69, 9.17) is 38.4 Å². The molecule has 4 N–H and O–H groups in total. The summed E-state index contributed by atoms with van der Waals surface area (Å²) in [4.78, 5) is 69.8. The number of fused-ring (bicyclic) bond motifs is 8. The largest absolute Gasteiger partial charge is 0.469 e. The van der Waals surface area contributed by atoms with Crippen molar-refractivity contribution in [1.29, 1.82) is 0 Å². The monoisotopic (exact) mass is 927 g/mol. The smallest absolute Gasteiger partial charge is 0.407 e. The summed E-state index contributed by atoms with van der Waals surface area (Å²) in [6.07, 6.45) is 3.64. The number of ether oxygens (including phenoxy) is 6. The molecule has 8 bridgehead atoms. The Hall–Kier alpha value is -5.84. The third kappa shape index (κ3) is 13.6. The van der Waals surface area contributed by atoms with Crippen LogP contribution in [-0.4, -0.2) is 116 Å². The Morgan fingerprint density at radius 2 is 1.39 bits per heavy atom. The molecule has 0 aromatic carbocycles. The first kappa shape index (κ1) is 52.1. The van der Waals surface area contributed by atoms with Gasteiger partial charge in [0.2, 0.25) is 0 Å². The molecule has 0 fully saturated rings. The Balaban J connectivity index is 1.39. The number of esters is 2. The van der Waals surface area contributed by atoms with E-state index in [0.29, 0.717) is 106 Å². The number of aromatic nitrogens is 4. The van der Waals surface area contributed by atoms with Crippen molar-refractivity contribution in [1.82, 2.24) is 30.6 Å². The molecule has 3 aromatic rings. The minimum Gasteiger partial charge on any atom is -0.469 e. The van der Waals surface area contributed by atoms with Crippen molar-refractivity contribution >= 4 is 63.2 Å². The quantitative estimate of drug-likeness (QED) is 0.0429. The molecule has 2 amide bonds. The molecule has 0 spiro atoms. The van der Waals surface area contributed by atoms with Gasteiger partial charge in [-0.25, -0.2) is 9.78 Å². The van der Waals surface area contributed by atoms with E-state index in [-0.39, 0.29) is 36.6 Å². The lowest BCUT2D eigenvalue weighted by Gasteiger charge is -2.19. The number of carbonyl (C=O) groups excluding carboxylic acids is 4. The van der Waals surface area contributed by atoms with E-state index in [1.54, 1.807) is 0 Å². The summed E-state index contributed by atoms with van der Waals surface area (Å²) in [5.74, 6) is -1.74. The maximum Gasteiger partial charge on any atom is 0.407 e. The Morgan fingerprint density at radius 3 is 2.00 bits per heavy atom. The third-order valence-corrected chi connectivity index (χ3v) is 12.0. The average molecular weight is 927 g/mol. The number of nitrogens with zero attached hydrogens (tertiary/aromatic N) is 2.